The van der Waals surface area contributed by atoms with Crippen LogP contribution in [0.2, 0.25) is 0 Å². The van der Waals surface area contributed by atoms with Gasteiger partial charge in [0.1, 0.15) is 5.69 Å². The van der Waals surface area contributed by atoms with Crippen molar-refractivity contribution in [1.82, 2.24) is 20.1 Å². The molecular formula is C24H30FN5. The maximum absolute atomic E-state index is 14.7. The van der Waals surface area contributed by atoms with Crippen molar-refractivity contribution in [3.8, 4) is 0 Å². The van der Waals surface area contributed by atoms with Crippen LogP contribution in [0.4, 0.5) is 4.39 Å². The van der Waals surface area contributed by atoms with Crippen molar-refractivity contribution in [2.24, 2.45) is 29.8 Å². The zero-order chi connectivity index (χ0) is 21.6. The first-order chi connectivity index (χ1) is 14.3. The first-order valence-electron chi connectivity index (χ1n) is 10.6. The van der Waals surface area contributed by atoms with E-state index in [-0.39, 0.29) is 6.04 Å². The first-order valence-corrected chi connectivity index (χ1v) is 10.6. The molecule has 2 aliphatic rings. The van der Waals surface area contributed by atoms with Crippen molar-refractivity contribution in [3.63, 3.8) is 0 Å². The van der Waals surface area contributed by atoms with Crippen LogP contribution in [-0.4, -0.2) is 26.5 Å². The number of aliphatic imine (C=N–C) groups is 1. The quantitative estimate of drug-likeness (QED) is 0.400. The number of rotatable bonds is 7. The maximum Gasteiger partial charge on any atom is 0.163 e. The van der Waals surface area contributed by atoms with Crippen LogP contribution < -0.4 is 5.32 Å². The molecule has 158 valence electrons. The Hall–Kier alpha value is -2.76. The lowest BCUT2D eigenvalue weighted by atomic mass is 9.92. The van der Waals surface area contributed by atoms with Crippen LogP contribution in [0, 0.1) is 24.7 Å². The van der Waals surface area contributed by atoms with E-state index in [1.54, 1.807) is 4.68 Å². The van der Waals surface area contributed by atoms with Crippen LogP contribution in [0.25, 0.3) is 11.0 Å². The molecule has 2 aliphatic carbocycles. The molecule has 5 nitrogen and oxygen atoms in total. The molecule has 2 aromatic heterocycles. The number of hydrogen-bond donors (Lipinski definition) is 1. The summed E-state index contributed by atoms with van der Waals surface area (Å²) in [4.78, 5) is 8.76. The molecule has 2 aromatic rings. The largest absolute Gasteiger partial charge is 0.380 e. The smallest absolute Gasteiger partial charge is 0.163 e. The lowest BCUT2D eigenvalue weighted by Gasteiger charge is -2.20. The summed E-state index contributed by atoms with van der Waals surface area (Å²) >= 11 is 0. The average Bonchev–Trinajstić information content (AvgIpc) is 3.35. The summed E-state index contributed by atoms with van der Waals surface area (Å²) in [6, 6.07) is 2.30. The van der Waals surface area contributed by atoms with Crippen LogP contribution in [0.3, 0.4) is 0 Å². The fourth-order valence-corrected chi connectivity index (χ4v) is 4.78. The molecular weight excluding hydrogens is 377 g/mol. The maximum atomic E-state index is 14.7. The highest BCUT2D eigenvalue weighted by molar-refractivity contribution is 6.07. The topological polar surface area (TPSA) is 55.1 Å². The molecule has 4 atom stereocenters. The van der Waals surface area contributed by atoms with Crippen molar-refractivity contribution in [2.45, 2.75) is 46.1 Å². The molecule has 1 N–H and O–H groups in total. The number of pyridine rings is 1. The third-order valence-corrected chi connectivity index (χ3v) is 6.59. The zero-order valence-corrected chi connectivity index (χ0v) is 18.2. The van der Waals surface area contributed by atoms with Crippen LogP contribution in [0.1, 0.15) is 44.4 Å². The Bertz CT molecular complexity index is 1080. The first kappa shape index (κ1) is 20.5. The van der Waals surface area contributed by atoms with Gasteiger partial charge >= 0.3 is 0 Å². The van der Waals surface area contributed by atoms with E-state index in [9.17, 15) is 4.39 Å². The minimum absolute atomic E-state index is 0.272. The highest BCUT2D eigenvalue weighted by atomic mass is 19.1. The monoisotopic (exact) mass is 407 g/mol. The molecule has 2 heterocycles. The average molecular weight is 408 g/mol. The lowest BCUT2D eigenvalue weighted by Crippen LogP contribution is -2.29. The van der Waals surface area contributed by atoms with Gasteiger partial charge in [-0.2, -0.15) is 5.10 Å². The predicted octanol–water partition coefficient (Wildman–Crippen LogP) is 4.99. The van der Waals surface area contributed by atoms with Gasteiger partial charge in [0.15, 0.2) is 11.5 Å². The fraction of sp³-hybridized carbons (Fsp3) is 0.458. The minimum atomic E-state index is -0.445. The van der Waals surface area contributed by atoms with Crippen molar-refractivity contribution in [2.75, 3.05) is 0 Å². The summed E-state index contributed by atoms with van der Waals surface area (Å²) in [5.74, 6) is 1.44. The summed E-state index contributed by atoms with van der Waals surface area (Å²) in [7, 11) is 1.84. The molecule has 0 amide bonds. The number of allylic oxidation sites excluding steroid dienone is 2. The lowest BCUT2D eigenvalue weighted by molar-refractivity contribution is 0.467. The van der Waals surface area contributed by atoms with E-state index in [4.69, 9.17) is 0 Å². The van der Waals surface area contributed by atoms with E-state index in [1.165, 1.54) is 18.2 Å². The van der Waals surface area contributed by atoms with E-state index in [0.29, 0.717) is 34.9 Å². The molecule has 0 radical (unpaired) electrons. The zero-order valence-electron chi connectivity index (χ0n) is 18.2. The molecule has 30 heavy (non-hydrogen) atoms. The number of hydrogen-bond acceptors (Lipinski definition) is 4. The Balaban J connectivity index is 1.46. The Morgan fingerprint density at radius 1 is 1.37 bits per heavy atom. The third-order valence-electron chi connectivity index (χ3n) is 6.59. The van der Waals surface area contributed by atoms with Gasteiger partial charge in [-0.05, 0) is 62.5 Å². The SMILES string of the molecule is C=C(NC1CC(C(=C)CC)C2CC12)/C(F)=C\N=C(C)c1nn(C)c2ncc(C)cc12. The Kier molecular flexibility index (Phi) is 5.35. The van der Waals surface area contributed by atoms with Crippen LogP contribution >= 0.6 is 0 Å². The van der Waals surface area contributed by atoms with Gasteiger partial charge < -0.3 is 5.32 Å². The van der Waals surface area contributed by atoms with Gasteiger partial charge in [0.25, 0.3) is 0 Å². The van der Waals surface area contributed by atoms with Crippen molar-refractivity contribution in [1.29, 1.82) is 0 Å². The summed E-state index contributed by atoms with van der Waals surface area (Å²) in [6.07, 6.45) is 6.28. The van der Waals surface area contributed by atoms with E-state index >= 15 is 0 Å². The molecule has 0 spiro atoms. The van der Waals surface area contributed by atoms with Gasteiger partial charge in [-0.15, -0.1) is 0 Å². The number of fused-ring (bicyclic) bond motifs is 2. The Labute approximate surface area is 177 Å². The summed E-state index contributed by atoms with van der Waals surface area (Å²) in [5.41, 5.74) is 4.79. The summed E-state index contributed by atoms with van der Waals surface area (Å²) < 4.78 is 16.4. The predicted molar refractivity (Wildman–Crippen MR) is 120 cm³/mol. The van der Waals surface area contributed by atoms with Crippen LogP contribution in [0.15, 0.2) is 53.7 Å². The number of aryl methyl sites for hydroxylation is 2. The van der Waals surface area contributed by atoms with Gasteiger partial charge in [0.05, 0.1) is 17.6 Å². The molecule has 2 fully saturated rings. The highest BCUT2D eigenvalue weighted by Gasteiger charge is 2.54. The highest BCUT2D eigenvalue weighted by Crippen LogP contribution is 2.58. The minimum Gasteiger partial charge on any atom is -0.380 e. The van der Waals surface area contributed by atoms with Gasteiger partial charge in [-0.1, -0.05) is 25.7 Å². The molecule has 0 saturated heterocycles. The van der Waals surface area contributed by atoms with Gasteiger partial charge in [0, 0.05) is 24.7 Å². The normalized spacial score (nSPS) is 26.0. The van der Waals surface area contributed by atoms with Crippen LogP contribution in [-0.2, 0) is 7.05 Å². The van der Waals surface area contributed by atoms with E-state index in [0.717, 1.165) is 29.4 Å². The molecule has 0 bridgehead atoms. The third kappa shape index (κ3) is 3.71. The molecule has 0 aromatic carbocycles. The number of aromatic nitrogens is 3. The Morgan fingerprint density at radius 2 is 2.13 bits per heavy atom. The number of nitrogens with zero attached hydrogens (tertiary/aromatic N) is 4. The van der Waals surface area contributed by atoms with E-state index < -0.39 is 5.83 Å². The standard InChI is InChI=1S/C24H30FN5/c1-7-14(3)17-10-22(19-9-18(17)19)28-15(4)21(25)12-26-16(5)23-20-8-13(2)11-27-24(20)30(6)29-23/h8,11-12,17-19,22,28H,3-4,7,9-10H2,1-2,5-6H3/b21-12+,26-16?. The second kappa shape index (κ2) is 7.82. The van der Waals surface area contributed by atoms with Gasteiger partial charge in [0.2, 0.25) is 0 Å². The second-order valence-corrected chi connectivity index (χ2v) is 8.69. The summed E-state index contributed by atoms with van der Waals surface area (Å²) in [6.45, 7) is 14.1. The van der Waals surface area contributed by atoms with Crippen LogP contribution in [0.5, 0.6) is 0 Å². The van der Waals surface area contributed by atoms with Gasteiger partial charge in [-0.3, -0.25) is 4.99 Å². The van der Waals surface area contributed by atoms with E-state index in [1.807, 2.05) is 33.2 Å². The molecule has 0 aliphatic heterocycles. The fourth-order valence-electron chi connectivity index (χ4n) is 4.78. The second-order valence-electron chi connectivity index (χ2n) is 8.69. The van der Waals surface area contributed by atoms with E-state index in [2.05, 4.69) is 40.5 Å². The van der Waals surface area contributed by atoms with Crippen molar-refractivity contribution < 1.29 is 4.39 Å². The molecule has 2 saturated carbocycles. The molecule has 4 unspecified atom stereocenters. The Morgan fingerprint density at radius 3 is 2.87 bits per heavy atom. The summed E-state index contributed by atoms with van der Waals surface area (Å²) in [5, 5.41) is 8.73. The molecule has 4 rings (SSSR count). The number of nitrogens with one attached hydrogen (secondary N) is 1. The molecule has 6 heteroatoms. The van der Waals surface area contributed by atoms with Crippen molar-refractivity contribution >= 4 is 16.7 Å². The van der Waals surface area contributed by atoms with Crippen molar-refractivity contribution in [3.05, 3.63) is 60.0 Å². The number of halogens is 1. The van der Waals surface area contributed by atoms with Gasteiger partial charge in [-0.25, -0.2) is 14.1 Å².